The quantitative estimate of drug-likeness (QED) is 0.845. The molecule has 1 rings (SSSR count). The van der Waals surface area contributed by atoms with Crippen molar-refractivity contribution in [1.82, 2.24) is 4.90 Å². The Morgan fingerprint density at radius 2 is 1.75 bits per heavy atom. The third-order valence-corrected chi connectivity index (χ3v) is 2.88. The SMILES string of the molecule is Cc1ccc(C(C)N(C)C(=O)[C@H](C)N)cc1. The molecule has 1 aromatic carbocycles. The second-order valence-corrected chi connectivity index (χ2v) is 4.32. The zero-order chi connectivity index (χ0) is 12.3. The average molecular weight is 220 g/mol. The summed E-state index contributed by atoms with van der Waals surface area (Å²) in [7, 11) is 1.79. The maximum Gasteiger partial charge on any atom is 0.239 e. The molecule has 0 aromatic heterocycles. The van der Waals surface area contributed by atoms with Crippen molar-refractivity contribution in [2.75, 3.05) is 7.05 Å². The number of carbonyl (C=O) groups excluding carboxylic acids is 1. The summed E-state index contributed by atoms with van der Waals surface area (Å²) in [6, 6.07) is 7.80. The van der Waals surface area contributed by atoms with Gasteiger partial charge in [0.25, 0.3) is 0 Å². The lowest BCUT2D eigenvalue weighted by molar-refractivity contribution is -0.132. The second-order valence-electron chi connectivity index (χ2n) is 4.32. The Bertz CT molecular complexity index is 357. The number of hydrogen-bond donors (Lipinski definition) is 1. The molecule has 88 valence electrons. The van der Waals surface area contributed by atoms with Crippen molar-refractivity contribution in [2.24, 2.45) is 5.73 Å². The molecule has 1 amide bonds. The van der Waals surface area contributed by atoms with E-state index in [1.165, 1.54) is 5.56 Å². The third-order valence-electron chi connectivity index (χ3n) is 2.88. The first-order valence-electron chi connectivity index (χ1n) is 5.52. The summed E-state index contributed by atoms with van der Waals surface area (Å²) in [5.74, 6) is -0.0342. The molecular formula is C13H20N2O. The number of nitrogens with zero attached hydrogens (tertiary/aromatic N) is 1. The summed E-state index contributed by atoms with van der Waals surface area (Å²) in [4.78, 5) is 13.4. The highest BCUT2D eigenvalue weighted by molar-refractivity contribution is 5.81. The van der Waals surface area contributed by atoms with Gasteiger partial charge in [0, 0.05) is 7.05 Å². The number of aryl methyl sites for hydroxylation is 1. The van der Waals surface area contributed by atoms with Crippen molar-refractivity contribution in [2.45, 2.75) is 32.9 Å². The van der Waals surface area contributed by atoms with Crippen LogP contribution in [-0.2, 0) is 4.79 Å². The first-order chi connectivity index (χ1) is 7.43. The van der Waals surface area contributed by atoms with Crippen LogP contribution in [0.25, 0.3) is 0 Å². The van der Waals surface area contributed by atoms with Crippen LogP contribution in [0.5, 0.6) is 0 Å². The Labute approximate surface area is 97.2 Å². The molecule has 0 saturated heterocycles. The third kappa shape index (κ3) is 2.83. The molecule has 3 nitrogen and oxygen atoms in total. The molecule has 0 radical (unpaired) electrons. The minimum absolute atomic E-state index is 0.0342. The smallest absolute Gasteiger partial charge is 0.239 e. The number of nitrogens with two attached hydrogens (primary N) is 1. The van der Waals surface area contributed by atoms with E-state index in [0.29, 0.717) is 0 Å². The minimum Gasteiger partial charge on any atom is -0.338 e. The largest absolute Gasteiger partial charge is 0.338 e. The van der Waals surface area contributed by atoms with Gasteiger partial charge in [-0.15, -0.1) is 0 Å². The number of benzene rings is 1. The molecule has 1 aromatic rings. The molecule has 3 heteroatoms. The van der Waals surface area contributed by atoms with Crippen molar-refractivity contribution in [1.29, 1.82) is 0 Å². The zero-order valence-electron chi connectivity index (χ0n) is 10.4. The highest BCUT2D eigenvalue weighted by Crippen LogP contribution is 2.19. The van der Waals surface area contributed by atoms with Crippen LogP contribution in [0.2, 0.25) is 0 Å². The summed E-state index contributed by atoms with van der Waals surface area (Å²) < 4.78 is 0. The van der Waals surface area contributed by atoms with Crippen molar-refractivity contribution in [3.8, 4) is 0 Å². The topological polar surface area (TPSA) is 46.3 Å². The molecule has 0 aliphatic carbocycles. The summed E-state index contributed by atoms with van der Waals surface area (Å²) in [5.41, 5.74) is 7.93. The fraction of sp³-hybridized carbons (Fsp3) is 0.462. The molecule has 2 N–H and O–H groups in total. The second kappa shape index (κ2) is 5.12. The maximum atomic E-state index is 11.7. The van der Waals surface area contributed by atoms with E-state index < -0.39 is 6.04 Å². The lowest BCUT2D eigenvalue weighted by Crippen LogP contribution is -2.40. The van der Waals surface area contributed by atoms with Gasteiger partial charge in [-0.2, -0.15) is 0 Å². The lowest BCUT2D eigenvalue weighted by atomic mass is 10.1. The Hall–Kier alpha value is -1.35. The van der Waals surface area contributed by atoms with Gasteiger partial charge in [-0.3, -0.25) is 4.79 Å². The van der Waals surface area contributed by atoms with Crippen molar-refractivity contribution >= 4 is 5.91 Å². The molecule has 0 saturated carbocycles. The summed E-state index contributed by atoms with van der Waals surface area (Å²) >= 11 is 0. The predicted octanol–water partition coefficient (Wildman–Crippen LogP) is 1.86. The fourth-order valence-electron chi connectivity index (χ4n) is 1.58. The zero-order valence-corrected chi connectivity index (χ0v) is 10.4. The van der Waals surface area contributed by atoms with Crippen molar-refractivity contribution < 1.29 is 4.79 Å². The number of likely N-dealkylation sites (N-methyl/N-ethyl adjacent to an activating group) is 1. The van der Waals surface area contributed by atoms with Gasteiger partial charge < -0.3 is 10.6 Å². The molecule has 2 atom stereocenters. The maximum absolute atomic E-state index is 11.7. The number of amides is 1. The Balaban J connectivity index is 2.81. The van der Waals surface area contributed by atoms with Gasteiger partial charge in [0.2, 0.25) is 5.91 Å². The van der Waals surface area contributed by atoms with Crippen LogP contribution in [0.15, 0.2) is 24.3 Å². The summed E-state index contributed by atoms with van der Waals surface area (Å²) in [5, 5.41) is 0. The van der Waals surface area contributed by atoms with Gasteiger partial charge in [0.05, 0.1) is 12.1 Å². The number of rotatable bonds is 3. The number of carbonyl (C=O) groups is 1. The van der Waals surface area contributed by atoms with E-state index >= 15 is 0 Å². The first kappa shape index (κ1) is 12.7. The van der Waals surface area contributed by atoms with E-state index in [4.69, 9.17) is 5.73 Å². The van der Waals surface area contributed by atoms with Crippen LogP contribution >= 0.6 is 0 Å². The van der Waals surface area contributed by atoms with Gasteiger partial charge in [-0.25, -0.2) is 0 Å². The van der Waals surface area contributed by atoms with Crippen LogP contribution in [0, 0.1) is 6.92 Å². The van der Waals surface area contributed by atoms with Gasteiger partial charge in [0.15, 0.2) is 0 Å². The van der Waals surface area contributed by atoms with Crippen LogP contribution in [0.1, 0.15) is 31.0 Å². The van der Waals surface area contributed by atoms with Gasteiger partial charge in [-0.1, -0.05) is 29.8 Å². The van der Waals surface area contributed by atoms with E-state index in [2.05, 4.69) is 12.1 Å². The molecule has 1 unspecified atom stereocenters. The Morgan fingerprint density at radius 1 is 1.25 bits per heavy atom. The highest BCUT2D eigenvalue weighted by Gasteiger charge is 2.19. The Kier molecular flexibility index (Phi) is 4.07. The standard InChI is InChI=1S/C13H20N2O/c1-9-5-7-12(8-6-9)11(3)15(4)13(16)10(2)14/h5-8,10-11H,14H2,1-4H3/t10-,11?/m0/s1. The van der Waals surface area contributed by atoms with Crippen LogP contribution in [0.3, 0.4) is 0 Å². The van der Waals surface area contributed by atoms with Gasteiger partial charge in [0.1, 0.15) is 0 Å². The molecule has 16 heavy (non-hydrogen) atoms. The molecule has 0 heterocycles. The van der Waals surface area contributed by atoms with Crippen LogP contribution < -0.4 is 5.73 Å². The van der Waals surface area contributed by atoms with E-state index in [-0.39, 0.29) is 11.9 Å². The fourth-order valence-corrected chi connectivity index (χ4v) is 1.58. The monoisotopic (exact) mass is 220 g/mol. The van der Waals surface area contributed by atoms with E-state index in [0.717, 1.165) is 5.56 Å². The van der Waals surface area contributed by atoms with Gasteiger partial charge >= 0.3 is 0 Å². The predicted molar refractivity (Wildman–Crippen MR) is 66.0 cm³/mol. The van der Waals surface area contributed by atoms with Crippen LogP contribution in [-0.4, -0.2) is 23.9 Å². The first-order valence-corrected chi connectivity index (χ1v) is 5.52. The van der Waals surface area contributed by atoms with E-state index in [1.807, 2.05) is 26.0 Å². The molecule has 0 aliphatic rings. The Morgan fingerprint density at radius 3 is 2.19 bits per heavy atom. The molecule has 0 spiro atoms. The summed E-state index contributed by atoms with van der Waals surface area (Å²) in [6.07, 6.45) is 0. The van der Waals surface area contributed by atoms with Crippen molar-refractivity contribution in [3.63, 3.8) is 0 Å². The molecular weight excluding hydrogens is 200 g/mol. The van der Waals surface area contributed by atoms with E-state index in [9.17, 15) is 4.79 Å². The molecule has 0 fully saturated rings. The van der Waals surface area contributed by atoms with Crippen molar-refractivity contribution in [3.05, 3.63) is 35.4 Å². The molecule has 0 aliphatic heterocycles. The summed E-state index contributed by atoms with van der Waals surface area (Å²) in [6.45, 7) is 5.76. The molecule has 0 bridgehead atoms. The average Bonchev–Trinajstić information content (AvgIpc) is 2.27. The van der Waals surface area contributed by atoms with Crippen LogP contribution in [0.4, 0.5) is 0 Å². The highest BCUT2D eigenvalue weighted by atomic mass is 16.2. The van der Waals surface area contributed by atoms with Gasteiger partial charge in [-0.05, 0) is 26.3 Å². The number of hydrogen-bond acceptors (Lipinski definition) is 2. The van der Waals surface area contributed by atoms with E-state index in [1.54, 1.807) is 18.9 Å². The normalized spacial score (nSPS) is 14.3. The lowest BCUT2D eigenvalue weighted by Gasteiger charge is -2.27. The minimum atomic E-state index is -0.446.